The van der Waals surface area contributed by atoms with Gasteiger partial charge >= 0.3 is 0 Å². The van der Waals surface area contributed by atoms with Crippen molar-refractivity contribution in [1.82, 2.24) is 19.2 Å². The number of carbonyl (C=O) groups excluding carboxylic acids is 2. The van der Waals surface area contributed by atoms with Gasteiger partial charge in [0.15, 0.2) is 0 Å². The van der Waals surface area contributed by atoms with Crippen LogP contribution in [0.5, 0.6) is 0 Å². The monoisotopic (exact) mass is 676 g/mol. The lowest BCUT2D eigenvalue weighted by molar-refractivity contribution is 0.0592. The minimum absolute atomic E-state index is 0.0663. The summed E-state index contributed by atoms with van der Waals surface area (Å²) in [5, 5.41) is 6.12. The first-order valence-electron chi connectivity index (χ1n) is 15.6. The van der Waals surface area contributed by atoms with E-state index in [4.69, 9.17) is 9.47 Å². The Labute approximate surface area is 271 Å². The normalized spacial score (nSPS) is 24.6. The van der Waals surface area contributed by atoms with Crippen LogP contribution in [0.1, 0.15) is 60.7 Å². The summed E-state index contributed by atoms with van der Waals surface area (Å²) in [4.78, 5) is 26.8. The Morgan fingerprint density at radius 1 is 0.761 bits per heavy atom. The number of rotatable bonds is 9. The van der Waals surface area contributed by atoms with Gasteiger partial charge in [-0.2, -0.15) is 8.61 Å². The van der Waals surface area contributed by atoms with Crippen LogP contribution in [-0.2, 0) is 29.5 Å². The molecule has 0 aromatic heterocycles. The first-order chi connectivity index (χ1) is 21.7. The van der Waals surface area contributed by atoms with Gasteiger partial charge < -0.3 is 20.1 Å². The molecule has 2 amide bonds. The highest BCUT2D eigenvalue weighted by molar-refractivity contribution is 7.89. The first kappa shape index (κ1) is 34.5. The molecule has 1 saturated carbocycles. The van der Waals surface area contributed by atoms with Crippen molar-refractivity contribution in [2.24, 2.45) is 10.8 Å². The van der Waals surface area contributed by atoms with Gasteiger partial charge in [0.1, 0.15) is 0 Å². The number of nitrogens with zero attached hydrogens (tertiary/aromatic N) is 2. The fourth-order valence-electron chi connectivity index (χ4n) is 7.00. The third kappa shape index (κ3) is 7.97. The summed E-state index contributed by atoms with van der Waals surface area (Å²) in [6, 6.07) is 12.0. The van der Waals surface area contributed by atoms with Crippen molar-refractivity contribution in [1.29, 1.82) is 0 Å². The molecule has 12 nitrogen and oxygen atoms in total. The van der Waals surface area contributed by atoms with Gasteiger partial charge in [-0.3, -0.25) is 9.59 Å². The average Bonchev–Trinajstić information content (AvgIpc) is 3.03. The number of ether oxygens (including phenoxy) is 2. The highest BCUT2D eigenvalue weighted by Gasteiger charge is 2.42. The van der Waals surface area contributed by atoms with E-state index in [0.717, 1.165) is 12.8 Å². The number of hydrogen-bond donors (Lipinski definition) is 2. The number of morpholine rings is 2. The van der Waals surface area contributed by atoms with E-state index < -0.39 is 20.0 Å². The van der Waals surface area contributed by atoms with Gasteiger partial charge in [-0.25, -0.2) is 16.8 Å². The van der Waals surface area contributed by atoms with E-state index in [0.29, 0.717) is 39.4 Å². The number of amides is 2. The zero-order chi connectivity index (χ0) is 33.2. The maximum absolute atomic E-state index is 13.4. The molecule has 2 N–H and O–H groups in total. The second-order valence-electron chi connectivity index (χ2n) is 13.5. The fourth-order valence-corrected chi connectivity index (χ4v) is 9.91. The van der Waals surface area contributed by atoms with E-state index in [1.807, 2.05) is 0 Å². The van der Waals surface area contributed by atoms with Crippen molar-refractivity contribution in [2.75, 3.05) is 59.2 Å². The van der Waals surface area contributed by atoms with Crippen LogP contribution in [0.4, 0.5) is 0 Å². The van der Waals surface area contributed by atoms with Crippen LogP contribution in [0, 0.1) is 10.8 Å². The summed E-state index contributed by atoms with van der Waals surface area (Å²) in [6.45, 7) is 9.05. The molecule has 46 heavy (non-hydrogen) atoms. The summed E-state index contributed by atoms with van der Waals surface area (Å²) in [7, 11) is -7.50. The number of carbonyl (C=O) groups is 2. The van der Waals surface area contributed by atoms with Gasteiger partial charge in [-0.1, -0.05) is 32.9 Å². The SMILES string of the molecule is CC1(C)C[C@@H](NC(=O)c2cccc(S(=O)(=O)N3CCOCC3)c2)C[C@@](C)(CNC(=O)c2cccc(S(=O)(=O)N3CCOCC3)c2)C1. The van der Waals surface area contributed by atoms with E-state index in [1.54, 1.807) is 24.3 Å². The molecule has 3 fully saturated rings. The third-order valence-corrected chi connectivity index (χ3v) is 12.7. The van der Waals surface area contributed by atoms with Crippen molar-refractivity contribution in [3.8, 4) is 0 Å². The summed E-state index contributed by atoms with van der Waals surface area (Å²) < 4.78 is 65.9. The van der Waals surface area contributed by atoms with Gasteiger partial charge in [0.25, 0.3) is 11.8 Å². The second-order valence-corrected chi connectivity index (χ2v) is 17.4. The Kier molecular flexibility index (Phi) is 10.3. The van der Waals surface area contributed by atoms with Crippen LogP contribution in [-0.4, -0.2) is 102 Å². The molecule has 0 spiro atoms. The number of benzene rings is 2. The zero-order valence-corrected chi connectivity index (χ0v) is 28.3. The quantitative estimate of drug-likeness (QED) is 0.411. The number of sulfonamides is 2. The molecule has 0 bridgehead atoms. The Balaban J connectivity index is 1.24. The zero-order valence-electron chi connectivity index (χ0n) is 26.7. The third-order valence-electron chi connectivity index (χ3n) is 8.86. The van der Waals surface area contributed by atoms with Gasteiger partial charge in [0.2, 0.25) is 20.0 Å². The molecule has 2 heterocycles. The molecule has 0 radical (unpaired) electrons. The number of hydrogen-bond acceptors (Lipinski definition) is 8. The number of nitrogens with one attached hydrogen (secondary N) is 2. The minimum atomic E-state index is -3.75. The largest absolute Gasteiger partial charge is 0.379 e. The Morgan fingerprint density at radius 2 is 1.24 bits per heavy atom. The lowest BCUT2D eigenvalue weighted by atomic mass is 9.62. The maximum atomic E-state index is 13.4. The molecule has 2 saturated heterocycles. The van der Waals surface area contributed by atoms with Crippen LogP contribution < -0.4 is 10.6 Å². The molecule has 0 unspecified atom stereocenters. The molecule has 2 atom stereocenters. The lowest BCUT2D eigenvalue weighted by Crippen LogP contribution is -2.50. The van der Waals surface area contributed by atoms with Crippen molar-refractivity contribution in [3.05, 3.63) is 59.7 Å². The Bertz CT molecular complexity index is 1650. The van der Waals surface area contributed by atoms with Gasteiger partial charge in [0, 0.05) is 49.9 Å². The smallest absolute Gasteiger partial charge is 0.251 e. The summed E-state index contributed by atoms with van der Waals surface area (Å²) >= 11 is 0. The maximum Gasteiger partial charge on any atom is 0.251 e. The van der Waals surface area contributed by atoms with E-state index in [-0.39, 0.29) is 75.8 Å². The van der Waals surface area contributed by atoms with Crippen molar-refractivity contribution in [2.45, 2.75) is 55.9 Å². The van der Waals surface area contributed by atoms with Crippen LogP contribution in [0.15, 0.2) is 58.3 Å². The summed E-state index contributed by atoms with van der Waals surface area (Å²) in [5.74, 6) is -0.728. The molecule has 3 aliphatic rings. The molecule has 2 aromatic carbocycles. The van der Waals surface area contributed by atoms with Crippen molar-refractivity contribution < 1.29 is 35.9 Å². The van der Waals surface area contributed by atoms with E-state index >= 15 is 0 Å². The molecular weight excluding hydrogens is 633 g/mol. The summed E-state index contributed by atoms with van der Waals surface area (Å²) in [6.07, 6.45) is 2.11. The van der Waals surface area contributed by atoms with Crippen molar-refractivity contribution >= 4 is 31.9 Å². The van der Waals surface area contributed by atoms with Crippen LogP contribution >= 0.6 is 0 Å². The second kappa shape index (κ2) is 13.7. The first-order valence-corrected chi connectivity index (χ1v) is 18.5. The van der Waals surface area contributed by atoms with Crippen LogP contribution in [0.25, 0.3) is 0 Å². The van der Waals surface area contributed by atoms with Crippen LogP contribution in [0.2, 0.25) is 0 Å². The summed E-state index contributed by atoms with van der Waals surface area (Å²) in [5.41, 5.74) is 0.00181. The molecule has 2 aliphatic heterocycles. The standard InChI is InChI=1S/C32H44N4O8S2/c1-31(2)20-26(34-30(38)25-7-5-9-28(19-25)46(41,42)36-12-16-44-17-13-36)21-32(3,22-31)23-33-29(37)24-6-4-8-27(18-24)45(39,40)35-10-14-43-15-11-35/h4-9,18-19,26H,10-17,20-23H2,1-3H3,(H,33,37)(H,34,38)/t26-,32-/m1/s1. The molecule has 2 aromatic rings. The molecule has 252 valence electrons. The molecule has 14 heteroatoms. The van der Waals surface area contributed by atoms with E-state index in [1.165, 1.54) is 32.9 Å². The lowest BCUT2D eigenvalue weighted by Gasteiger charge is -2.47. The fraction of sp³-hybridized carbons (Fsp3) is 0.562. The van der Waals surface area contributed by atoms with Crippen LogP contribution in [0.3, 0.4) is 0 Å². The average molecular weight is 677 g/mol. The van der Waals surface area contributed by atoms with Gasteiger partial charge in [-0.15, -0.1) is 0 Å². The predicted molar refractivity (Wildman–Crippen MR) is 171 cm³/mol. The topological polar surface area (TPSA) is 151 Å². The van der Waals surface area contributed by atoms with E-state index in [9.17, 15) is 26.4 Å². The van der Waals surface area contributed by atoms with Gasteiger partial charge in [0.05, 0.1) is 36.2 Å². The highest BCUT2D eigenvalue weighted by Crippen LogP contribution is 2.46. The molecule has 1 aliphatic carbocycles. The Morgan fingerprint density at radius 3 is 1.74 bits per heavy atom. The van der Waals surface area contributed by atoms with Crippen molar-refractivity contribution in [3.63, 3.8) is 0 Å². The molecule has 5 rings (SSSR count). The van der Waals surface area contributed by atoms with Gasteiger partial charge in [-0.05, 0) is 66.5 Å². The Hall–Kier alpha value is -2.88. The minimum Gasteiger partial charge on any atom is -0.379 e. The highest BCUT2D eigenvalue weighted by atomic mass is 32.2. The predicted octanol–water partition coefficient (Wildman–Crippen LogP) is 2.47. The molecular formula is C32H44N4O8S2. The van der Waals surface area contributed by atoms with E-state index in [2.05, 4.69) is 31.4 Å².